The third-order valence-corrected chi connectivity index (χ3v) is 4.32. The monoisotopic (exact) mass is 282 g/mol. The molecule has 2 rings (SSSR count). The van der Waals surface area contributed by atoms with Crippen LogP contribution >= 0.6 is 23.6 Å². The van der Waals surface area contributed by atoms with E-state index in [0.717, 1.165) is 10.6 Å². The molecule has 1 aliphatic rings. The highest BCUT2D eigenvalue weighted by atomic mass is 32.1. The number of thiophene rings is 1. The second kappa shape index (κ2) is 5.07. The van der Waals surface area contributed by atoms with Gasteiger partial charge in [-0.3, -0.25) is 0 Å². The molecule has 4 nitrogen and oxygen atoms in total. The van der Waals surface area contributed by atoms with Crippen molar-refractivity contribution in [3.8, 4) is 0 Å². The Labute approximate surface area is 115 Å². The van der Waals surface area contributed by atoms with E-state index in [4.69, 9.17) is 17.0 Å². The summed E-state index contributed by atoms with van der Waals surface area (Å²) in [5, 5.41) is 5.76. The molecule has 2 heterocycles. The molecule has 18 heavy (non-hydrogen) atoms. The van der Waals surface area contributed by atoms with Crippen LogP contribution in [0.4, 0.5) is 0 Å². The summed E-state index contributed by atoms with van der Waals surface area (Å²) in [5.74, 6) is -0.326. The number of esters is 1. The quantitative estimate of drug-likeness (QED) is 0.664. The van der Waals surface area contributed by atoms with Gasteiger partial charge >= 0.3 is 5.97 Å². The van der Waals surface area contributed by atoms with Gasteiger partial charge in [-0.1, -0.05) is 6.07 Å². The molecule has 0 amide bonds. The van der Waals surface area contributed by atoms with Gasteiger partial charge in [-0.2, -0.15) is 0 Å². The van der Waals surface area contributed by atoms with E-state index >= 15 is 0 Å². The van der Waals surface area contributed by atoms with E-state index in [1.165, 1.54) is 7.11 Å². The zero-order valence-corrected chi connectivity index (χ0v) is 12.0. The number of hydrogen-bond donors (Lipinski definition) is 1. The molecule has 1 N–H and O–H groups in total. The molecule has 0 spiro atoms. The standard InChI is InChI=1S/C12H14N2O2S2/c1-7-9(11(15)16-3)10(8-5-4-6-18-8)13-12(17)14(7)2/h4-6,10H,1-3H3,(H,13,17). The maximum atomic E-state index is 11.9. The molecule has 0 aliphatic carbocycles. The minimum absolute atomic E-state index is 0.221. The first-order chi connectivity index (χ1) is 8.56. The molecular weight excluding hydrogens is 268 g/mol. The van der Waals surface area contributed by atoms with Gasteiger partial charge in [0, 0.05) is 17.6 Å². The molecule has 1 unspecified atom stereocenters. The Morgan fingerprint density at radius 1 is 1.61 bits per heavy atom. The van der Waals surface area contributed by atoms with Crippen molar-refractivity contribution in [3.63, 3.8) is 0 Å². The summed E-state index contributed by atoms with van der Waals surface area (Å²) >= 11 is 6.85. The average Bonchev–Trinajstić information content (AvgIpc) is 2.88. The zero-order chi connectivity index (χ0) is 13.3. The van der Waals surface area contributed by atoms with Crippen LogP contribution in [0.2, 0.25) is 0 Å². The SMILES string of the molecule is COC(=O)C1=C(C)N(C)C(=S)NC1c1cccs1. The van der Waals surface area contributed by atoms with Crippen molar-refractivity contribution in [2.24, 2.45) is 0 Å². The lowest BCUT2D eigenvalue weighted by atomic mass is 10.0. The molecule has 1 aromatic heterocycles. The van der Waals surface area contributed by atoms with Gasteiger partial charge in [-0.05, 0) is 30.6 Å². The first kappa shape index (κ1) is 13.0. The van der Waals surface area contributed by atoms with Crippen molar-refractivity contribution >= 4 is 34.6 Å². The molecule has 1 aromatic rings. The number of thiocarbonyl (C=S) groups is 1. The summed E-state index contributed by atoms with van der Waals surface area (Å²) in [5.41, 5.74) is 1.43. The van der Waals surface area contributed by atoms with Gasteiger partial charge in [0.25, 0.3) is 0 Å². The summed E-state index contributed by atoms with van der Waals surface area (Å²) in [7, 11) is 3.22. The fourth-order valence-electron chi connectivity index (χ4n) is 1.88. The number of hydrogen-bond acceptors (Lipinski definition) is 4. The summed E-state index contributed by atoms with van der Waals surface area (Å²) in [6.45, 7) is 1.88. The van der Waals surface area contributed by atoms with Crippen LogP contribution in [0, 0.1) is 0 Å². The van der Waals surface area contributed by atoms with E-state index < -0.39 is 0 Å². The smallest absolute Gasteiger partial charge is 0.338 e. The number of methoxy groups -OCH3 is 1. The van der Waals surface area contributed by atoms with Crippen molar-refractivity contribution in [2.45, 2.75) is 13.0 Å². The number of rotatable bonds is 2. The largest absolute Gasteiger partial charge is 0.466 e. The van der Waals surface area contributed by atoms with E-state index in [0.29, 0.717) is 10.7 Å². The molecule has 96 valence electrons. The first-order valence-electron chi connectivity index (χ1n) is 5.43. The number of nitrogens with one attached hydrogen (secondary N) is 1. The van der Waals surface area contributed by atoms with Crippen molar-refractivity contribution < 1.29 is 9.53 Å². The van der Waals surface area contributed by atoms with Crippen LogP contribution in [0.25, 0.3) is 0 Å². The van der Waals surface area contributed by atoms with E-state index in [-0.39, 0.29) is 12.0 Å². The Morgan fingerprint density at radius 3 is 2.89 bits per heavy atom. The van der Waals surface area contributed by atoms with Crippen LogP contribution in [0.5, 0.6) is 0 Å². The van der Waals surface area contributed by atoms with E-state index in [2.05, 4.69) is 5.32 Å². The van der Waals surface area contributed by atoms with Gasteiger partial charge in [0.05, 0.1) is 18.7 Å². The van der Waals surface area contributed by atoms with Crippen molar-refractivity contribution in [2.75, 3.05) is 14.2 Å². The highest BCUT2D eigenvalue weighted by Gasteiger charge is 2.33. The van der Waals surface area contributed by atoms with Crippen molar-refractivity contribution in [1.29, 1.82) is 0 Å². The Kier molecular flexibility index (Phi) is 3.68. The van der Waals surface area contributed by atoms with Crippen LogP contribution in [-0.4, -0.2) is 30.1 Å². The Morgan fingerprint density at radius 2 is 2.33 bits per heavy atom. The van der Waals surface area contributed by atoms with Crippen molar-refractivity contribution in [1.82, 2.24) is 10.2 Å². The van der Waals surface area contributed by atoms with E-state index in [1.54, 1.807) is 16.2 Å². The second-order valence-electron chi connectivity index (χ2n) is 3.95. The number of ether oxygens (including phenoxy) is 1. The molecule has 6 heteroatoms. The molecule has 1 aliphatic heterocycles. The third kappa shape index (κ3) is 2.13. The van der Waals surface area contributed by atoms with Gasteiger partial charge in [0.15, 0.2) is 5.11 Å². The number of carbonyl (C=O) groups excluding carboxylic acids is 1. The van der Waals surface area contributed by atoms with Crippen molar-refractivity contribution in [3.05, 3.63) is 33.7 Å². The molecule has 0 saturated carbocycles. The lowest BCUT2D eigenvalue weighted by molar-refractivity contribution is -0.136. The molecule has 0 aromatic carbocycles. The van der Waals surface area contributed by atoms with E-state index in [1.807, 2.05) is 31.5 Å². The van der Waals surface area contributed by atoms with Gasteiger partial charge in [-0.15, -0.1) is 11.3 Å². The highest BCUT2D eigenvalue weighted by Crippen LogP contribution is 2.32. The summed E-state index contributed by atoms with van der Waals surface area (Å²) in [6.07, 6.45) is 0. The number of allylic oxidation sites excluding steroid dienone is 1. The molecule has 1 atom stereocenters. The third-order valence-electron chi connectivity index (χ3n) is 2.99. The molecule has 0 bridgehead atoms. The molecule has 0 saturated heterocycles. The normalized spacial score (nSPS) is 19.8. The maximum absolute atomic E-state index is 11.9. The predicted octanol–water partition coefficient (Wildman–Crippen LogP) is 2.06. The van der Waals surface area contributed by atoms with Gasteiger partial charge in [0.1, 0.15) is 0 Å². The first-order valence-corrected chi connectivity index (χ1v) is 6.71. The summed E-state index contributed by atoms with van der Waals surface area (Å²) in [4.78, 5) is 14.8. The lowest BCUT2D eigenvalue weighted by Crippen LogP contribution is -2.45. The average molecular weight is 282 g/mol. The second-order valence-corrected chi connectivity index (χ2v) is 5.31. The van der Waals surface area contributed by atoms with Gasteiger partial charge in [-0.25, -0.2) is 4.79 Å². The minimum Gasteiger partial charge on any atom is -0.466 e. The van der Waals surface area contributed by atoms with E-state index in [9.17, 15) is 4.79 Å². The highest BCUT2D eigenvalue weighted by molar-refractivity contribution is 7.80. The Hall–Kier alpha value is -1.40. The predicted molar refractivity (Wildman–Crippen MR) is 75.3 cm³/mol. The fourth-order valence-corrected chi connectivity index (χ4v) is 2.92. The zero-order valence-electron chi connectivity index (χ0n) is 10.4. The molecule has 0 fully saturated rings. The molecular formula is C12H14N2O2S2. The minimum atomic E-state index is -0.326. The lowest BCUT2D eigenvalue weighted by Gasteiger charge is -2.34. The van der Waals surface area contributed by atoms with Gasteiger partial charge in [0.2, 0.25) is 0 Å². The van der Waals surface area contributed by atoms with Crippen LogP contribution in [0.3, 0.4) is 0 Å². The van der Waals surface area contributed by atoms with Crippen LogP contribution in [-0.2, 0) is 9.53 Å². The van der Waals surface area contributed by atoms with Crippen LogP contribution in [0.15, 0.2) is 28.8 Å². The maximum Gasteiger partial charge on any atom is 0.338 e. The topological polar surface area (TPSA) is 41.6 Å². The van der Waals surface area contributed by atoms with Crippen LogP contribution < -0.4 is 5.32 Å². The fraction of sp³-hybridized carbons (Fsp3) is 0.333. The molecule has 0 radical (unpaired) electrons. The Bertz CT molecular complexity index is 508. The number of nitrogens with zero attached hydrogens (tertiary/aromatic N) is 1. The van der Waals surface area contributed by atoms with Gasteiger partial charge < -0.3 is 15.0 Å². The van der Waals surface area contributed by atoms with Crippen LogP contribution in [0.1, 0.15) is 17.8 Å². The summed E-state index contributed by atoms with van der Waals surface area (Å²) < 4.78 is 4.87. The number of carbonyl (C=O) groups is 1. The summed E-state index contributed by atoms with van der Waals surface area (Å²) in [6, 6.07) is 3.71. The Balaban J connectivity index is 2.50.